The lowest BCUT2D eigenvalue weighted by Gasteiger charge is -2.10. The molecule has 86 valence electrons. The van der Waals surface area contributed by atoms with Crippen LogP contribution in [0.25, 0.3) is 16.6 Å². The molecule has 0 saturated carbocycles. The molecule has 3 heteroatoms. The molecule has 0 saturated heterocycles. The van der Waals surface area contributed by atoms with Crippen molar-refractivity contribution in [3.63, 3.8) is 0 Å². The summed E-state index contributed by atoms with van der Waals surface area (Å²) in [4.78, 5) is 12.0. The van der Waals surface area contributed by atoms with Crippen LogP contribution in [0.15, 0.2) is 53.3 Å². The van der Waals surface area contributed by atoms with Gasteiger partial charge >= 0.3 is 0 Å². The van der Waals surface area contributed by atoms with E-state index in [1.807, 2.05) is 24.3 Å². The molecule has 0 atom stereocenters. The largest absolute Gasteiger partial charge is 0.398 e. The first-order chi connectivity index (χ1) is 8.77. The fourth-order valence-corrected chi connectivity index (χ4v) is 2.04. The standard InChI is InChI=1S/C15H10N2O/c16-13-7-4-8-14-12(13)9-10-15(18)17(14)11-5-2-1-3-6-11/h2,4-10H,16H2. The molecule has 0 aliphatic heterocycles. The third kappa shape index (κ3) is 1.52. The van der Waals surface area contributed by atoms with Gasteiger partial charge in [-0.1, -0.05) is 18.2 Å². The molecule has 0 aliphatic carbocycles. The first kappa shape index (κ1) is 10.4. The molecule has 0 radical (unpaired) electrons. The Morgan fingerprint density at radius 1 is 1.06 bits per heavy atom. The number of aromatic nitrogens is 1. The van der Waals surface area contributed by atoms with E-state index in [0.29, 0.717) is 5.69 Å². The van der Waals surface area contributed by atoms with E-state index in [-0.39, 0.29) is 5.56 Å². The first-order valence-corrected chi connectivity index (χ1v) is 5.56. The van der Waals surface area contributed by atoms with Crippen LogP contribution in [-0.2, 0) is 0 Å². The molecule has 1 aromatic heterocycles. The van der Waals surface area contributed by atoms with Gasteiger partial charge in [0.05, 0.1) is 11.2 Å². The predicted molar refractivity (Wildman–Crippen MR) is 71.6 cm³/mol. The van der Waals surface area contributed by atoms with Crippen molar-refractivity contribution < 1.29 is 0 Å². The second-order valence-corrected chi connectivity index (χ2v) is 3.98. The molecule has 0 aliphatic rings. The maximum Gasteiger partial charge on any atom is 0.255 e. The van der Waals surface area contributed by atoms with Gasteiger partial charge in [-0.15, -0.1) is 0 Å². The second-order valence-electron chi connectivity index (χ2n) is 3.98. The molecule has 2 N–H and O–H groups in total. The zero-order valence-electron chi connectivity index (χ0n) is 9.55. The monoisotopic (exact) mass is 234 g/mol. The summed E-state index contributed by atoms with van der Waals surface area (Å²) >= 11 is 0. The summed E-state index contributed by atoms with van der Waals surface area (Å²) in [6, 6.07) is 19.8. The van der Waals surface area contributed by atoms with E-state index in [2.05, 4.69) is 12.1 Å². The highest BCUT2D eigenvalue weighted by molar-refractivity contribution is 5.91. The van der Waals surface area contributed by atoms with Gasteiger partial charge in [0.15, 0.2) is 0 Å². The molecule has 0 bridgehead atoms. The molecule has 0 unspecified atom stereocenters. The van der Waals surface area contributed by atoms with Crippen molar-refractivity contribution in [2.75, 3.05) is 5.73 Å². The maximum atomic E-state index is 12.0. The Bertz CT molecular complexity index is 760. The van der Waals surface area contributed by atoms with Crippen molar-refractivity contribution in [3.8, 4) is 5.69 Å². The van der Waals surface area contributed by atoms with Crippen LogP contribution in [0.2, 0.25) is 0 Å². The van der Waals surface area contributed by atoms with Crippen LogP contribution in [-0.4, -0.2) is 4.57 Å². The van der Waals surface area contributed by atoms with E-state index in [0.717, 1.165) is 16.6 Å². The van der Waals surface area contributed by atoms with Crippen molar-refractivity contribution >= 4 is 16.6 Å². The fraction of sp³-hybridized carbons (Fsp3) is 0. The van der Waals surface area contributed by atoms with Gasteiger partial charge in [0, 0.05) is 23.2 Å². The highest BCUT2D eigenvalue weighted by Gasteiger charge is 2.06. The number of benzene rings is 1. The number of hydrogen-bond donors (Lipinski definition) is 1. The van der Waals surface area contributed by atoms with Gasteiger partial charge < -0.3 is 5.73 Å². The molecule has 1 heterocycles. The number of hydrogen-bond acceptors (Lipinski definition) is 2. The van der Waals surface area contributed by atoms with E-state index >= 15 is 0 Å². The maximum absolute atomic E-state index is 12.0. The molecule has 0 fully saturated rings. The molecule has 18 heavy (non-hydrogen) atoms. The van der Waals surface area contributed by atoms with Gasteiger partial charge in [0.25, 0.3) is 5.56 Å². The van der Waals surface area contributed by atoms with E-state index in [1.165, 1.54) is 6.07 Å². The van der Waals surface area contributed by atoms with Gasteiger partial charge in [-0.2, -0.15) is 0 Å². The first-order valence-electron chi connectivity index (χ1n) is 5.56. The van der Waals surface area contributed by atoms with Crippen LogP contribution in [0.5, 0.6) is 0 Å². The average molecular weight is 234 g/mol. The Labute approximate surface area is 104 Å². The quantitative estimate of drug-likeness (QED) is 0.656. The minimum atomic E-state index is -0.0901. The van der Waals surface area contributed by atoms with Crippen molar-refractivity contribution in [1.29, 1.82) is 0 Å². The molecule has 0 spiro atoms. The van der Waals surface area contributed by atoms with Gasteiger partial charge in [0.1, 0.15) is 0 Å². The van der Waals surface area contributed by atoms with Crippen molar-refractivity contribution in [1.82, 2.24) is 4.57 Å². The molecule has 3 rings (SSSR count). The lowest BCUT2D eigenvalue weighted by molar-refractivity contribution is 1.04. The summed E-state index contributed by atoms with van der Waals surface area (Å²) in [7, 11) is 0. The van der Waals surface area contributed by atoms with E-state index in [9.17, 15) is 4.79 Å². The van der Waals surface area contributed by atoms with Gasteiger partial charge in [0.2, 0.25) is 0 Å². The van der Waals surface area contributed by atoms with Crippen molar-refractivity contribution in [3.05, 3.63) is 71.0 Å². The lowest BCUT2D eigenvalue weighted by Crippen LogP contribution is -2.17. The minimum Gasteiger partial charge on any atom is -0.398 e. The van der Waals surface area contributed by atoms with Crippen LogP contribution in [0, 0.1) is 12.1 Å². The summed E-state index contributed by atoms with van der Waals surface area (Å²) in [6.07, 6.45) is 0. The van der Waals surface area contributed by atoms with Crippen molar-refractivity contribution in [2.45, 2.75) is 0 Å². The Kier molecular flexibility index (Phi) is 2.28. The van der Waals surface area contributed by atoms with Crippen LogP contribution < -0.4 is 11.3 Å². The molecule has 0 amide bonds. The smallest absolute Gasteiger partial charge is 0.255 e. The lowest BCUT2D eigenvalue weighted by atomic mass is 10.1. The number of rotatable bonds is 1. The fourth-order valence-electron chi connectivity index (χ4n) is 2.04. The summed E-state index contributed by atoms with van der Waals surface area (Å²) in [6.45, 7) is 0. The number of nitrogen functional groups attached to an aromatic ring is 1. The number of pyridine rings is 1. The summed E-state index contributed by atoms with van der Waals surface area (Å²) in [5, 5.41) is 0.866. The van der Waals surface area contributed by atoms with Crippen LogP contribution in [0.4, 0.5) is 5.69 Å². The SMILES string of the molecule is Nc1cccc2c1ccc(=O)n2-c1cc#ccc1. The summed E-state index contributed by atoms with van der Waals surface area (Å²) in [5.41, 5.74) is 8.05. The third-order valence-electron chi connectivity index (χ3n) is 2.87. The molecule has 3 aromatic rings. The number of nitrogens with two attached hydrogens (primary N) is 1. The Morgan fingerprint density at radius 2 is 1.94 bits per heavy atom. The number of anilines is 1. The average Bonchev–Trinajstić information content (AvgIpc) is 2.40. The molecule has 3 nitrogen and oxygen atoms in total. The number of nitrogens with zero attached hydrogens (tertiary/aromatic N) is 1. The van der Waals surface area contributed by atoms with Crippen LogP contribution in [0.3, 0.4) is 0 Å². The van der Waals surface area contributed by atoms with Gasteiger partial charge in [-0.05, 0) is 30.3 Å². The predicted octanol–water partition coefficient (Wildman–Crippen LogP) is 2.17. The highest BCUT2D eigenvalue weighted by atomic mass is 16.1. The Hall–Kier alpha value is -2.73. The Balaban J connectivity index is 2.45. The summed E-state index contributed by atoms with van der Waals surface area (Å²) in [5.74, 6) is 0. The normalized spacial score (nSPS) is 10.2. The third-order valence-corrected chi connectivity index (χ3v) is 2.87. The topological polar surface area (TPSA) is 48.0 Å². The van der Waals surface area contributed by atoms with E-state index in [4.69, 9.17) is 5.73 Å². The second kappa shape index (κ2) is 3.94. The molecular formula is C15H10N2O. The van der Waals surface area contributed by atoms with Gasteiger partial charge in [-0.25, -0.2) is 0 Å². The summed E-state index contributed by atoms with van der Waals surface area (Å²) < 4.78 is 1.62. The zero-order chi connectivity index (χ0) is 12.5. The van der Waals surface area contributed by atoms with Crippen LogP contribution in [0.1, 0.15) is 0 Å². The minimum absolute atomic E-state index is 0.0901. The van der Waals surface area contributed by atoms with Crippen molar-refractivity contribution in [2.24, 2.45) is 0 Å². The molecule has 2 aromatic carbocycles. The number of fused-ring (bicyclic) bond motifs is 1. The zero-order valence-corrected chi connectivity index (χ0v) is 9.55. The highest BCUT2D eigenvalue weighted by Crippen LogP contribution is 2.20. The van der Waals surface area contributed by atoms with Gasteiger partial charge in [-0.3, -0.25) is 9.36 Å². The van der Waals surface area contributed by atoms with Crippen LogP contribution >= 0.6 is 0 Å². The molecular weight excluding hydrogens is 224 g/mol. The van der Waals surface area contributed by atoms with E-state index < -0.39 is 0 Å². The Morgan fingerprint density at radius 3 is 2.72 bits per heavy atom. The van der Waals surface area contributed by atoms with E-state index in [1.54, 1.807) is 22.8 Å².